The number of benzene rings is 1. The predicted octanol–water partition coefficient (Wildman–Crippen LogP) is 1.04. The van der Waals surface area contributed by atoms with E-state index >= 15 is 0 Å². The summed E-state index contributed by atoms with van der Waals surface area (Å²) in [6.45, 7) is 0.216. The Balaban J connectivity index is 1.75. The molecule has 0 saturated heterocycles. The van der Waals surface area contributed by atoms with Crippen LogP contribution < -0.4 is 0 Å². The maximum Gasteiger partial charge on any atom is 0.264 e. The molecule has 0 bridgehead atoms. The molecule has 7 heteroatoms. The Morgan fingerprint density at radius 1 is 1.14 bits per heavy atom. The summed E-state index contributed by atoms with van der Waals surface area (Å²) in [7, 11) is -3.52. The molecule has 1 heterocycles. The molecule has 1 aromatic rings. The summed E-state index contributed by atoms with van der Waals surface area (Å²) in [6.07, 6.45) is 2.48. The molecule has 21 heavy (non-hydrogen) atoms. The summed E-state index contributed by atoms with van der Waals surface area (Å²) in [4.78, 5) is 25.7. The molecular weight excluding hydrogens is 294 g/mol. The van der Waals surface area contributed by atoms with Crippen LogP contribution in [0.4, 0.5) is 0 Å². The van der Waals surface area contributed by atoms with Gasteiger partial charge in [0, 0.05) is 12.0 Å². The van der Waals surface area contributed by atoms with Gasteiger partial charge in [-0.15, -0.1) is 0 Å². The molecule has 1 aliphatic heterocycles. The monoisotopic (exact) mass is 309 g/mol. The molecule has 112 valence electrons. The number of hydrogen-bond acceptors (Lipinski definition) is 5. The average molecular weight is 309 g/mol. The first-order valence-electron chi connectivity index (χ1n) is 6.61. The Morgan fingerprint density at radius 3 is 2.10 bits per heavy atom. The maximum atomic E-state index is 12.3. The van der Waals surface area contributed by atoms with Crippen molar-refractivity contribution in [2.24, 2.45) is 5.41 Å². The minimum Gasteiger partial charge on any atom is -0.274 e. The zero-order chi connectivity index (χ0) is 15.3. The molecule has 1 saturated carbocycles. The molecule has 3 rings (SSSR count). The molecule has 0 spiro atoms. The van der Waals surface area contributed by atoms with Crippen LogP contribution in [0.5, 0.6) is 0 Å². The molecule has 0 aromatic heterocycles. The maximum absolute atomic E-state index is 12.3. The van der Waals surface area contributed by atoms with Crippen LogP contribution in [-0.2, 0) is 14.3 Å². The minimum atomic E-state index is -3.52. The van der Waals surface area contributed by atoms with Gasteiger partial charge in [0.15, 0.2) is 0 Å². The van der Waals surface area contributed by atoms with Crippen LogP contribution >= 0.6 is 0 Å². The molecule has 0 unspecified atom stereocenters. The number of imide groups is 1. The van der Waals surface area contributed by atoms with E-state index < -0.39 is 15.5 Å². The van der Waals surface area contributed by atoms with Crippen LogP contribution in [0.3, 0.4) is 0 Å². The zero-order valence-corrected chi connectivity index (χ0v) is 12.4. The number of carbonyl (C=O) groups excluding carboxylic acids is 2. The molecule has 1 fully saturated rings. The molecule has 0 radical (unpaired) electrons. The largest absolute Gasteiger partial charge is 0.274 e. The molecule has 1 aliphatic carbocycles. The second kappa shape index (κ2) is 4.64. The van der Waals surface area contributed by atoms with Gasteiger partial charge in [-0.2, -0.15) is 8.42 Å². The van der Waals surface area contributed by atoms with Crippen LogP contribution in [0.25, 0.3) is 0 Å². The van der Waals surface area contributed by atoms with E-state index in [1.807, 2.05) is 0 Å². The predicted molar refractivity (Wildman–Crippen MR) is 74.3 cm³/mol. The summed E-state index contributed by atoms with van der Waals surface area (Å²) in [5.74, 6) is -0.637. The molecule has 2 aliphatic rings. The molecular formula is C14H15NO5S. The highest BCUT2D eigenvalue weighted by atomic mass is 32.2. The Kier molecular flexibility index (Phi) is 3.14. The van der Waals surface area contributed by atoms with Crippen LogP contribution in [0.2, 0.25) is 0 Å². The van der Waals surface area contributed by atoms with Gasteiger partial charge in [0.05, 0.1) is 24.0 Å². The van der Waals surface area contributed by atoms with Crippen molar-refractivity contribution in [2.45, 2.75) is 12.8 Å². The van der Waals surface area contributed by atoms with E-state index in [0.29, 0.717) is 11.1 Å². The fraction of sp³-hybridized carbons (Fsp3) is 0.429. The third-order valence-corrected chi connectivity index (χ3v) is 4.45. The topological polar surface area (TPSA) is 80.8 Å². The third-order valence-electron chi connectivity index (χ3n) is 3.91. The quantitative estimate of drug-likeness (QED) is 0.599. The SMILES string of the molecule is CS(=O)(=O)OCC1(CN2C(=O)c3ccccc3C2=O)CC1. The zero-order valence-electron chi connectivity index (χ0n) is 11.5. The Morgan fingerprint density at radius 2 is 1.67 bits per heavy atom. The summed E-state index contributed by atoms with van der Waals surface area (Å²) >= 11 is 0. The van der Waals surface area contributed by atoms with Crippen LogP contribution in [0.1, 0.15) is 33.6 Å². The van der Waals surface area contributed by atoms with Gasteiger partial charge in [0.25, 0.3) is 21.9 Å². The van der Waals surface area contributed by atoms with Gasteiger partial charge in [-0.3, -0.25) is 18.7 Å². The number of hydrogen-bond donors (Lipinski definition) is 0. The number of rotatable bonds is 5. The number of nitrogens with zero attached hydrogens (tertiary/aromatic N) is 1. The summed E-state index contributed by atoms with van der Waals surface area (Å²) < 4.78 is 27.0. The van der Waals surface area contributed by atoms with Crippen molar-refractivity contribution in [1.29, 1.82) is 0 Å². The van der Waals surface area contributed by atoms with E-state index in [2.05, 4.69) is 0 Å². The number of amides is 2. The van der Waals surface area contributed by atoms with Gasteiger partial charge in [0.2, 0.25) is 0 Å². The van der Waals surface area contributed by atoms with Crippen molar-refractivity contribution in [3.63, 3.8) is 0 Å². The first-order chi connectivity index (χ1) is 9.81. The number of carbonyl (C=O) groups is 2. The van der Waals surface area contributed by atoms with Crippen molar-refractivity contribution in [1.82, 2.24) is 4.90 Å². The van der Waals surface area contributed by atoms with Crippen LogP contribution in [-0.4, -0.2) is 44.5 Å². The molecule has 0 atom stereocenters. The van der Waals surface area contributed by atoms with Crippen molar-refractivity contribution < 1.29 is 22.2 Å². The van der Waals surface area contributed by atoms with E-state index in [-0.39, 0.29) is 25.0 Å². The minimum absolute atomic E-state index is 0.0131. The molecule has 6 nitrogen and oxygen atoms in total. The Bertz CT molecular complexity index is 686. The van der Waals surface area contributed by atoms with Gasteiger partial charge in [-0.1, -0.05) is 12.1 Å². The summed E-state index contributed by atoms with van der Waals surface area (Å²) in [6, 6.07) is 6.69. The molecule has 1 aromatic carbocycles. The van der Waals surface area contributed by atoms with Crippen LogP contribution in [0, 0.1) is 5.41 Å². The van der Waals surface area contributed by atoms with Crippen LogP contribution in [0.15, 0.2) is 24.3 Å². The van der Waals surface area contributed by atoms with E-state index in [0.717, 1.165) is 19.1 Å². The van der Waals surface area contributed by atoms with Gasteiger partial charge in [0.1, 0.15) is 0 Å². The molecule has 0 N–H and O–H groups in total. The van der Waals surface area contributed by atoms with E-state index in [9.17, 15) is 18.0 Å². The lowest BCUT2D eigenvalue weighted by atomic mass is 10.1. The van der Waals surface area contributed by atoms with Gasteiger partial charge in [-0.25, -0.2) is 0 Å². The van der Waals surface area contributed by atoms with Crippen molar-refractivity contribution in [3.8, 4) is 0 Å². The van der Waals surface area contributed by atoms with Crippen molar-refractivity contribution >= 4 is 21.9 Å². The first-order valence-corrected chi connectivity index (χ1v) is 8.43. The fourth-order valence-corrected chi connectivity index (χ4v) is 2.94. The fourth-order valence-electron chi connectivity index (χ4n) is 2.48. The van der Waals surface area contributed by atoms with Crippen molar-refractivity contribution in [2.75, 3.05) is 19.4 Å². The smallest absolute Gasteiger partial charge is 0.264 e. The normalized spacial score (nSPS) is 19.8. The summed E-state index contributed by atoms with van der Waals surface area (Å²) in [5.41, 5.74) is 0.390. The lowest BCUT2D eigenvalue weighted by Gasteiger charge is -2.21. The van der Waals surface area contributed by atoms with Gasteiger partial charge < -0.3 is 0 Å². The molecule has 2 amide bonds. The standard InChI is InChI=1S/C14H15NO5S/c1-21(18,19)20-9-14(6-7-14)8-15-12(16)10-4-2-3-5-11(10)13(15)17/h2-5H,6-9H2,1H3. The van der Waals surface area contributed by atoms with E-state index in [4.69, 9.17) is 4.18 Å². The summed E-state index contributed by atoms with van der Waals surface area (Å²) in [5, 5.41) is 0. The number of fused-ring (bicyclic) bond motifs is 1. The third kappa shape index (κ3) is 2.71. The highest BCUT2D eigenvalue weighted by Crippen LogP contribution is 2.47. The van der Waals surface area contributed by atoms with Crippen molar-refractivity contribution in [3.05, 3.63) is 35.4 Å². The van der Waals surface area contributed by atoms with Gasteiger partial charge >= 0.3 is 0 Å². The Labute approximate surface area is 122 Å². The second-order valence-electron chi connectivity index (χ2n) is 5.71. The van der Waals surface area contributed by atoms with E-state index in [1.54, 1.807) is 24.3 Å². The lowest BCUT2D eigenvalue weighted by molar-refractivity contribution is 0.0600. The lowest BCUT2D eigenvalue weighted by Crippen LogP contribution is -2.37. The highest BCUT2D eigenvalue weighted by molar-refractivity contribution is 7.85. The highest BCUT2D eigenvalue weighted by Gasteiger charge is 2.49. The average Bonchev–Trinajstić information content (AvgIpc) is 3.16. The van der Waals surface area contributed by atoms with Gasteiger partial charge in [-0.05, 0) is 25.0 Å². The van der Waals surface area contributed by atoms with E-state index in [1.165, 1.54) is 4.90 Å². The first kappa shape index (κ1) is 14.2. The Hall–Kier alpha value is -1.73. The second-order valence-corrected chi connectivity index (χ2v) is 7.35.